The van der Waals surface area contributed by atoms with Gasteiger partial charge in [-0.2, -0.15) is 11.8 Å². The molecule has 0 unspecified atom stereocenters. The minimum atomic E-state index is -0.918. The number of fused-ring (bicyclic) bond motifs is 1. The highest BCUT2D eigenvalue weighted by Gasteiger charge is 2.16. The maximum Gasteiger partial charge on any atom is 0.407 e. The Balaban J connectivity index is 1.31. The lowest BCUT2D eigenvalue weighted by atomic mass is 10.1. The Morgan fingerprint density at radius 3 is 2.82 bits per heavy atom. The summed E-state index contributed by atoms with van der Waals surface area (Å²) in [7, 11) is 0. The second-order valence-corrected chi connectivity index (χ2v) is 10.4. The number of thiazole rings is 1. The van der Waals surface area contributed by atoms with Crippen molar-refractivity contribution in [2.75, 3.05) is 37.7 Å². The van der Waals surface area contributed by atoms with Crippen molar-refractivity contribution in [3.63, 3.8) is 0 Å². The van der Waals surface area contributed by atoms with Gasteiger partial charge in [-0.05, 0) is 42.4 Å². The molecule has 0 aliphatic carbocycles. The number of phenols is 1. The first-order chi connectivity index (χ1) is 16.3. The minimum absolute atomic E-state index is 0.0143. The molecule has 34 heavy (non-hydrogen) atoms. The van der Waals surface area contributed by atoms with Gasteiger partial charge in [-0.15, -0.1) is 0 Å². The number of aliphatic hydroxyl groups excluding tert-OH is 1. The van der Waals surface area contributed by atoms with Crippen molar-refractivity contribution in [3.05, 3.63) is 62.2 Å². The van der Waals surface area contributed by atoms with Crippen molar-refractivity contribution in [2.24, 2.45) is 0 Å². The van der Waals surface area contributed by atoms with Crippen LogP contribution in [0.15, 0.2) is 41.2 Å². The number of aliphatic hydroxyl groups is 1. The fraction of sp³-hybridized carbons (Fsp3) is 0.391. The Morgan fingerprint density at radius 1 is 1.24 bits per heavy atom. The number of halogens is 1. The molecule has 5 N–H and O–H groups in total. The van der Waals surface area contributed by atoms with Gasteiger partial charge < -0.3 is 30.5 Å². The van der Waals surface area contributed by atoms with Crippen molar-refractivity contribution in [1.82, 2.24) is 15.2 Å². The molecule has 2 aromatic carbocycles. The third kappa shape index (κ3) is 7.64. The van der Waals surface area contributed by atoms with E-state index < -0.39 is 12.2 Å². The van der Waals surface area contributed by atoms with Crippen molar-refractivity contribution in [3.8, 4) is 5.75 Å². The van der Waals surface area contributed by atoms with E-state index in [0.29, 0.717) is 53.4 Å². The highest BCUT2D eigenvalue weighted by molar-refractivity contribution is 7.99. The van der Waals surface area contributed by atoms with Crippen LogP contribution in [0.4, 0.5) is 4.79 Å². The number of thioether (sulfide) groups is 1. The molecule has 1 heterocycles. The van der Waals surface area contributed by atoms with Gasteiger partial charge in [0.1, 0.15) is 11.3 Å². The topological polar surface area (TPSA) is 126 Å². The van der Waals surface area contributed by atoms with Crippen LogP contribution in [-0.4, -0.2) is 69.0 Å². The van der Waals surface area contributed by atoms with Crippen LogP contribution in [0, 0.1) is 0 Å². The van der Waals surface area contributed by atoms with Crippen LogP contribution < -0.4 is 10.2 Å². The van der Waals surface area contributed by atoms with E-state index in [1.807, 2.05) is 18.2 Å². The maximum absolute atomic E-state index is 11.6. The Kier molecular flexibility index (Phi) is 10.1. The summed E-state index contributed by atoms with van der Waals surface area (Å²) in [5, 5.41) is 33.6. The number of carbonyl (C=O) groups is 1. The molecule has 184 valence electrons. The number of aromatic hydroxyl groups is 1. The highest BCUT2D eigenvalue weighted by Crippen LogP contribution is 2.31. The van der Waals surface area contributed by atoms with E-state index in [-0.39, 0.29) is 10.6 Å². The maximum atomic E-state index is 11.6. The van der Waals surface area contributed by atoms with Gasteiger partial charge in [-0.1, -0.05) is 41.1 Å². The van der Waals surface area contributed by atoms with E-state index in [9.17, 15) is 24.9 Å². The molecule has 0 radical (unpaired) electrons. The summed E-state index contributed by atoms with van der Waals surface area (Å²) in [5.41, 5.74) is 1.97. The van der Waals surface area contributed by atoms with Crippen molar-refractivity contribution in [2.45, 2.75) is 18.9 Å². The quantitative estimate of drug-likeness (QED) is 0.214. The lowest BCUT2D eigenvalue weighted by Gasteiger charge is -2.19. The van der Waals surface area contributed by atoms with Gasteiger partial charge >= 0.3 is 11.0 Å². The van der Waals surface area contributed by atoms with Gasteiger partial charge in [0.15, 0.2) is 0 Å². The predicted molar refractivity (Wildman–Crippen MR) is 139 cm³/mol. The van der Waals surface area contributed by atoms with Crippen LogP contribution in [0.1, 0.15) is 23.7 Å². The number of aromatic nitrogens is 1. The van der Waals surface area contributed by atoms with Crippen LogP contribution in [0.25, 0.3) is 10.2 Å². The largest absolute Gasteiger partial charge is 0.506 e. The zero-order chi connectivity index (χ0) is 24.5. The zero-order valence-electron chi connectivity index (χ0n) is 18.5. The summed E-state index contributed by atoms with van der Waals surface area (Å²) < 4.78 is 0.562. The molecule has 8 nitrogen and oxygen atoms in total. The van der Waals surface area contributed by atoms with E-state index in [1.165, 1.54) is 11.0 Å². The van der Waals surface area contributed by atoms with Crippen LogP contribution in [0.2, 0.25) is 5.02 Å². The number of nitrogens with one attached hydrogen (secondary N) is 2. The van der Waals surface area contributed by atoms with Crippen LogP contribution in [0.3, 0.4) is 0 Å². The third-order valence-electron chi connectivity index (χ3n) is 5.25. The summed E-state index contributed by atoms with van der Waals surface area (Å²) in [5.74, 6) is 1.64. The van der Waals surface area contributed by atoms with E-state index in [4.69, 9.17) is 11.6 Å². The first-order valence-corrected chi connectivity index (χ1v) is 13.2. The van der Waals surface area contributed by atoms with Gasteiger partial charge in [0, 0.05) is 42.5 Å². The van der Waals surface area contributed by atoms with E-state index in [1.54, 1.807) is 23.9 Å². The van der Waals surface area contributed by atoms with Crippen molar-refractivity contribution in [1.29, 1.82) is 0 Å². The lowest BCUT2D eigenvalue weighted by Crippen LogP contribution is -2.32. The Hall–Kier alpha value is -2.24. The van der Waals surface area contributed by atoms with Gasteiger partial charge in [-0.3, -0.25) is 4.79 Å². The number of amides is 1. The molecule has 11 heteroatoms. The van der Waals surface area contributed by atoms with E-state index in [0.717, 1.165) is 34.8 Å². The first kappa shape index (κ1) is 26.4. The number of hydrogen-bond donors (Lipinski definition) is 5. The van der Waals surface area contributed by atoms with Crippen LogP contribution in [0.5, 0.6) is 5.75 Å². The fourth-order valence-electron chi connectivity index (χ4n) is 3.51. The zero-order valence-corrected chi connectivity index (χ0v) is 20.9. The number of H-pyrrole nitrogens is 1. The molecule has 0 fully saturated rings. The molecular formula is C23H28ClN3O5S2. The van der Waals surface area contributed by atoms with E-state index >= 15 is 0 Å². The predicted octanol–water partition coefficient (Wildman–Crippen LogP) is 3.92. The van der Waals surface area contributed by atoms with Crippen molar-refractivity contribution < 1.29 is 20.1 Å². The molecule has 0 bridgehead atoms. The first-order valence-electron chi connectivity index (χ1n) is 10.9. The number of hydrogen-bond acceptors (Lipinski definition) is 7. The number of rotatable bonds is 13. The summed E-state index contributed by atoms with van der Waals surface area (Å²) in [6, 6.07) is 10.5. The second-order valence-electron chi connectivity index (χ2n) is 7.73. The molecule has 0 aliphatic rings. The fourth-order valence-corrected chi connectivity index (χ4v) is 5.47. The SMILES string of the molecule is O=C(O)N(CCCSCCNC[C@@H](O)c1ccc(O)c2[nH]c(=O)sc12)CCc1cccc(Cl)c1. The summed E-state index contributed by atoms with van der Waals surface area (Å²) in [6.07, 6.45) is -0.340. The van der Waals surface area contributed by atoms with Gasteiger partial charge in [-0.25, -0.2) is 4.79 Å². The molecule has 0 aliphatic heterocycles. The smallest absolute Gasteiger partial charge is 0.407 e. The minimum Gasteiger partial charge on any atom is -0.506 e. The highest BCUT2D eigenvalue weighted by atomic mass is 35.5. The molecule has 1 amide bonds. The lowest BCUT2D eigenvalue weighted by molar-refractivity contribution is 0.146. The van der Waals surface area contributed by atoms with Gasteiger partial charge in [0.05, 0.1) is 10.8 Å². The average Bonchev–Trinajstić information content (AvgIpc) is 3.19. The van der Waals surface area contributed by atoms with Crippen LogP contribution in [-0.2, 0) is 6.42 Å². The summed E-state index contributed by atoms with van der Waals surface area (Å²) in [4.78, 5) is 26.8. The van der Waals surface area contributed by atoms with Gasteiger partial charge in [0.2, 0.25) is 0 Å². The molecule has 3 aromatic rings. The number of aromatic amines is 1. The molecular weight excluding hydrogens is 498 g/mol. The Morgan fingerprint density at radius 2 is 2.06 bits per heavy atom. The number of nitrogens with zero attached hydrogens (tertiary/aromatic N) is 1. The molecule has 0 saturated heterocycles. The molecule has 3 rings (SSSR count). The Bertz CT molecular complexity index is 1150. The molecule has 0 spiro atoms. The number of carboxylic acid groups (broad SMARTS) is 1. The third-order valence-corrected chi connectivity index (χ3v) is 7.49. The van der Waals surface area contributed by atoms with Crippen LogP contribution >= 0.6 is 34.7 Å². The standard InChI is InChI=1S/C23H28ClN3O5S2/c24-16-4-1-3-15(13-16)7-10-27(23(31)32)9-2-11-33-12-8-25-14-19(29)17-5-6-18(28)20-21(17)34-22(30)26-20/h1,3-6,13,19,25,28-29H,2,7-12,14H2,(H,26,30)(H,31,32)/t19-/m1/s1. The van der Waals surface area contributed by atoms with E-state index in [2.05, 4.69) is 10.3 Å². The molecule has 1 aromatic heterocycles. The number of benzene rings is 2. The number of phenolic OH excluding ortho intramolecular Hbond substituents is 1. The second kappa shape index (κ2) is 13.0. The molecule has 0 saturated carbocycles. The molecule has 1 atom stereocenters. The average molecular weight is 526 g/mol. The van der Waals surface area contributed by atoms with Crippen molar-refractivity contribution >= 4 is 51.0 Å². The van der Waals surface area contributed by atoms with Gasteiger partial charge in [0.25, 0.3) is 0 Å². The summed E-state index contributed by atoms with van der Waals surface area (Å²) >= 11 is 8.67. The monoisotopic (exact) mass is 525 g/mol. The Labute approximate surface area is 210 Å². The normalized spacial score (nSPS) is 12.2. The summed E-state index contributed by atoms with van der Waals surface area (Å²) in [6.45, 7) is 1.91.